The van der Waals surface area contributed by atoms with Crippen molar-refractivity contribution in [1.82, 2.24) is 4.98 Å². The summed E-state index contributed by atoms with van der Waals surface area (Å²) >= 11 is 0. The normalized spacial score (nSPS) is 10.1. The highest BCUT2D eigenvalue weighted by Gasteiger charge is 2.14. The number of hydrogen-bond donors (Lipinski definition) is 1. The molecule has 1 heterocycles. The maximum atomic E-state index is 11.8. The summed E-state index contributed by atoms with van der Waals surface area (Å²) in [5.41, 5.74) is 2.32. The molecular weight excluding hydrogens is 230 g/mol. The number of carbonyl (C=O) groups excluding carboxylic acids is 1. The highest BCUT2D eigenvalue weighted by molar-refractivity contribution is 5.97. The van der Waals surface area contributed by atoms with E-state index < -0.39 is 0 Å². The quantitative estimate of drug-likeness (QED) is 0.843. The third-order valence-electron chi connectivity index (χ3n) is 2.64. The molecule has 0 saturated carbocycles. The molecule has 1 N–H and O–H groups in total. The Morgan fingerprint density at radius 3 is 2.56 bits per heavy atom. The zero-order valence-corrected chi connectivity index (χ0v) is 10.4. The van der Waals surface area contributed by atoms with E-state index in [9.17, 15) is 4.79 Å². The second kappa shape index (κ2) is 5.40. The van der Waals surface area contributed by atoms with Crippen LogP contribution < -0.4 is 4.74 Å². The number of nitrogens with one attached hydrogen (secondary N) is 1. The summed E-state index contributed by atoms with van der Waals surface area (Å²) in [6.07, 6.45) is 3.44. The SMILES string of the molecule is CCOC(=O)c1c[nH]cc1-c1ccc(OC)cc1. The predicted octanol–water partition coefficient (Wildman–Crippen LogP) is 2.87. The molecule has 4 nitrogen and oxygen atoms in total. The van der Waals surface area contributed by atoms with Gasteiger partial charge in [-0.2, -0.15) is 0 Å². The van der Waals surface area contributed by atoms with Gasteiger partial charge in [0, 0.05) is 18.0 Å². The van der Waals surface area contributed by atoms with E-state index in [1.807, 2.05) is 24.3 Å². The second-order valence-electron chi connectivity index (χ2n) is 3.73. The molecular formula is C14H15NO3. The Balaban J connectivity index is 2.32. The van der Waals surface area contributed by atoms with Crippen LogP contribution in [0.15, 0.2) is 36.7 Å². The number of carbonyl (C=O) groups is 1. The number of aromatic amines is 1. The molecule has 2 aromatic rings. The molecule has 94 valence electrons. The van der Waals surface area contributed by atoms with Crippen LogP contribution in [0.1, 0.15) is 17.3 Å². The van der Waals surface area contributed by atoms with Crippen molar-refractivity contribution >= 4 is 5.97 Å². The molecule has 4 heteroatoms. The van der Waals surface area contributed by atoms with Crippen molar-refractivity contribution < 1.29 is 14.3 Å². The first kappa shape index (κ1) is 12.2. The molecule has 0 fully saturated rings. The second-order valence-corrected chi connectivity index (χ2v) is 3.73. The van der Waals surface area contributed by atoms with Crippen LogP contribution in [-0.4, -0.2) is 24.7 Å². The lowest BCUT2D eigenvalue weighted by molar-refractivity contribution is 0.0527. The molecule has 0 aliphatic carbocycles. The Kier molecular flexibility index (Phi) is 3.67. The van der Waals surface area contributed by atoms with Gasteiger partial charge in [0.05, 0.1) is 19.3 Å². The molecule has 18 heavy (non-hydrogen) atoms. The van der Waals surface area contributed by atoms with Crippen molar-refractivity contribution in [1.29, 1.82) is 0 Å². The van der Waals surface area contributed by atoms with Gasteiger partial charge in [0.25, 0.3) is 0 Å². The van der Waals surface area contributed by atoms with Gasteiger partial charge in [0.1, 0.15) is 5.75 Å². The summed E-state index contributed by atoms with van der Waals surface area (Å²) in [5.74, 6) is 0.469. The maximum absolute atomic E-state index is 11.8. The van der Waals surface area contributed by atoms with Gasteiger partial charge in [-0.1, -0.05) is 12.1 Å². The van der Waals surface area contributed by atoms with Gasteiger partial charge in [0.2, 0.25) is 0 Å². The Bertz CT molecular complexity index is 528. The highest BCUT2D eigenvalue weighted by atomic mass is 16.5. The number of H-pyrrole nitrogens is 1. The first-order chi connectivity index (χ1) is 8.76. The van der Waals surface area contributed by atoms with Gasteiger partial charge in [-0.3, -0.25) is 0 Å². The average Bonchev–Trinajstić information content (AvgIpc) is 2.88. The van der Waals surface area contributed by atoms with Crippen LogP contribution in [0.4, 0.5) is 0 Å². The third kappa shape index (κ3) is 2.37. The largest absolute Gasteiger partial charge is 0.497 e. The number of hydrogen-bond acceptors (Lipinski definition) is 3. The summed E-state index contributed by atoms with van der Waals surface area (Å²) in [4.78, 5) is 14.7. The molecule has 0 spiro atoms. The summed E-state index contributed by atoms with van der Waals surface area (Å²) in [6.45, 7) is 2.16. The van der Waals surface area contributed by atoms with Gasteiger partial charge in [-0.15, -0.1) is 0 Å². The number of benzene rings is 1. The van der Waals surface area contributed by atoms with E-state index >= 15 is 0 Å². The number of aromatic nitrogens is 1. The fraction of sp³-hybridized carbons (Fsp3) is 0.214. The van der Waals surface area contributed by atoms with Crippen molar-refractivity contribution in [2.45, 2.75) is 6.92 Å². The number of esters is 1. The molecule has 0 radical (unpaired) electrons. The number of rotatable bonds is 4. The minimum atomic E-state index is -0.315. The van der Waals surface area contributed by atoms with E-state index in [2.05, 4.69) is 4.98 Å². The minimum absolute atomic E-state index is 0.315. The zero-order valence-electron chi connectivity index (χ0n) is 10.4. The lowest BCUT2D eigenvalue weighted by Crippen LogP contribution is -2.04. The number of ether oxygens (including phenoxy) is 2. The van der Waals surface area contributed by atoms with Crippen molar-refractivity contribution in [2.75, 3.05) is 13.7 Å². The average molecular weight is 245 g/mol. The monoisotopic (exact) mass is 245 g/mol. The van der Waals surface area contributed by atoms with Crippen LogP contribution in [0.5, 0.6) is 5.75 Å². The van der Waals surface area contributed by atoms with E-state index in [-0.39, 0.29) is 5.97 Å². The molecule has 0 aliphatic heterocycles. The molecule has 0 aliphatic rings. The molecule has 0 amide bonds. The van der Waals surface area contributed by atoms with Crippen LogP contribution in [0.25, 0.3) is 11.1 Å². The minimum Gasteiger partial charge on any atom is -0.497 e. The van der Waals surface area contributed by atoms with Crippen molar-refractivity contribution in [3.05, 3.63) is 42.2 Å². The summed E-state index contributed by atoms with van der Waals surface area (Å²) in [5, 5.41) is 0. The number of methoxy groups -OCH3 is 1. The van der Waals surface area contributed by atoms with E-state index in [4.69, 9.17) is 9.47 Å². The van der Waals surface area contributed by atoms with Gasteiger partial charge < -0.3 is 14.5 Å². The summed E-state index contributed by atoms with van der Waals surface area (Å²) in [7, 11) is 1.62. The zero-order chi connectivity index (χ0) is 13.0. The van der Waals surface area contributed by atoms with E-state index in [0.29, 0.717) is 12.2 Å². The first-order valence-electron chi connectivity index (χ1n) is 5.74. The van der Waals surface area contributed by atoms with Crippen molar-refractivity contribution in [3.8, 4) is 16.9 Å². The van der Waals surface area contributed by atoms with E-state index in [1.165, 1.54) is 0 Å². The molecule has 0 saturated heterocycles. The molecule has 1 aromatic carbocycles. The van der Waals surface area contributed by atoms with Crippen LogP contribution in [0.2, 0.25) is 0 Å². The Labute approximate surface area is 106 Å². The fourth-order valence-electron chi connectivity index (χ4n) is 1.75. The van der Waals surface area contributed by atoms with Gasteiger partial charge in [-0.25, -0.2) is 4.79 Å². The van der Waals surface area contributed by atoms with Crippen molar-refractivity contribution in [2.24, 2.45) is 0 Å². The first-order valence-corrected chi connectivity index (χ1v) is 5.74. The van der Waals surface area contributed by atoms with Crippen LogP contribution in [0.3, 0.4) is 0 Å². The van der Waals surface area contributed by atoms with E-state index in [1.54, 1.807) is 26.4 Å². The molecule has 0 atom stereocenters. The lowest BCUT2D eigenvalue weighted by Gasteiger charge is -2.05. The Hall–Kier alpha value is -2.23. The highest BCUT2D eigenvalue weighted by Crippen LogP contribution is 2.26. The molecule has 0 bridgehead atoms. The Morgan fingerprint density at radius 1 is 1.22 bits per heavy atom. The fourth-order valence-corrected chi connectivity index (χ4v) is 1.75. The van der Waals surface area contributed by atoms with Crippen LogP contribution in [-0.2, 0) is 4.74 Å². The van der Waals surface area contributed by atoms with Gasteiger partial charge >= 0.3 is 5.97 Å². The molecule has 1 aromatic heterocycles. The van der Waals surface area contributed by atoms with Crippen LogP contribution >= 0.6 is 0 Å². The lowest BCUT2D eigenvalue weighted by atomic mass is 10.0. The standard InChI is InChI=1S/C14H15NO3/c1-3-18-14(16)13-9-15-8-12(13)10-4-6-11(17-2)7-5-10/h4-9,15H,3H2,1-2H3. The molecule has 0 unspecified atom stereocenters. The van der Waals surface area contributed by atoms with Gasteiger partial charge in [-0.05, 0) is 24.6 Å². The summed E-state index contributed by atoms with van der Waals surface area (Å²) in [6, 6.07) is 7.53. The van der Waals surface area contributed by atoms with Crippen molar-refractivity contribution in [3.63, 3.8) is 0 Å². The maximum Gasteiger partial charge on any atom is 0.340 e. The topological polar surface area (TPSA) is 51.3 Å². The smallest absolute Gasteiger partial charge is 0.340 e. The van der Waals surface area contributed by atoms with Crippen LogP contribution in [0, 0.1) is 0 Å². The summed E-state index contributed by atoms with van der Waals surface area (Å²) < 4.78 is 10.1. The molecule has 2 rings (SSSR count). The van der Waals surface area contributed by atoms with E-state index in [0.717, 1.165) is 16.9 Å². The Morgan fingerprint density at radius 2 is 1.94 bits per heavy atom. The van der Waals surface area contributed by atoms with Gasteiger partial charge in [0.15, 0.2) is 0 Å². The third-order valence-corrected chi connectivity index (χ3v) is 2.64. The predicted molar refractivity (Wildman–Crippen MR) is 68.7 cm³/mol.